The summed E-state index contributed by atoms with van der Waals surface area (Å²) in [5, 5.41) is 13.3. The van der Waals surface area contributed by atoms with E-state index in [0.29, 0.717) is 19.4 Å². The van der Waals surface area contributed by atoms with Crippen LogP contribution in [-0.4, -0.2) is 38.7 Å². The topological polar surface area (TPSA) is 75.4 Å². The van der Waals surface area contributed by atoms with Crippen LogP contribution in [0.1, 0.15) is 25.3 Å². The van der Waals surface area contributed by atoms with Crippen molar-refractivity contribution in [1.82, 2.24) is 14.7 Å². The second-order valence-corrected chi connectivity index (χ2v) is 5.84. The fraction of sp³-hybridized carbons (Fsp3) is 0.643. The maximum atomic E-state index is 12.5. The number of carbonyl (C=O) groups excluding carboxylic acids is 1. The number of hydrogen-bond acceptors (Lipinski definition) is 3. The predicted molar refractivity (Wildman–Crippen MR) is 72.7 cm³/mol. The molecule has 2 rings (SSSR count). The molecule has 1 aromatic heterocycles. The Morgan fingerprint density at radius 2 is 2.10 bits per heavy atom. The largest absolute Gasteiger partial charge is 0.481 e. The number of aromatic nitrogens is 2. The molecule has 1 N–H and O–H groups in total. The predicted octanol–water partition coefficient (Wildman–Crippen LogP) is 1.13. The first-order valence-corrected chi connectivity index (χ1v) is 6.83. The minimum Gasteiger partial charge on any atom is -0.481 e. The Hall–Kier alpha value is -1.85. The van der Waals surface area contributed by atoms with Gasteiger partial charge in [0.2, 0.25) is 5.91 Å². The molecule has 6 heteroatoms. The summed E-state index contributed by atoms with van der Waals surface area (Å²) in [5.74, 6) is -1.59. The van der Waals surface area contributed by atoms with Crippen LogP contribution in [0.15, 0.2) is 12.4 Å². The maximum Gasteiger partial charge on any atom is 0.307 e. The van der Waals surface area contributed by atoms with Crippen LogP contribution in [-0.2, 0) is 23.2 Å². The van der Waals surface area contributed by atoms with Crippen molar-refractivity contribution in [1.29, 1.82) is 0 Å². The fourth-order valence-electron chi connectivity index (χ4n) is 3.03. The SMILES string of the molecule is CC1CC(C(=O)O)C(C(=O)N(C)Cc2cnn(C)c2)C1. The molecule has 0 aromatic carbocycles. The van der Waals surface area contributed by atoms with E-state index in [-0.39, 0.29) is 11.8 Å². The van der Waals surface area contributed by atoms with E-state index in [9.17, 15) is 14.7 Å². The minimum absolute atomic E-state index is 0.0781. The molecule has 1 saturated carbocycles. The lowest BCUT2D eigenvalue weighted by Crippen LogP contribution is -2.36. The summed E-state index contributed by atoms with van der Waals surface area (Å²) in [6, 6.07) is 0. The van der Waals surface area contributed by atoms with Gasteiger partial charge < -0.3 is 10.0 Å². The first-order chi connectivity index (χ1) is 9.38. The van der Waals surface area contributed by atoms with Gasteiger partial charge in [-0.2, -0.15) is 5.10 Å². The number of hydrogen-bond donors (Lipinski definition) is 1. The molecule has 1 amide bonds. The number of rotatable bonds is 4. The summed E-state index contributed by atoms with van der Waals surface area (Å²) in [6.07, 6.45) is 4.82. The molecule has 1 aliphatic carbocycles. The van der Waals surface area contributed by atoms with Gasteiger partial charge in [0.15, 0.2) is 0 Å². The molecular weight excluding hydrogens is 258 g/mol. The van der Waals surface area contributed by atoms with Gasteiger partial charge in [-0.25, -0.2) is 0 Å². The first-order valence-electron chi connectivity index (χ1n) is 6.83. The number of nitrogens with zero attached hydrogens (tertiary/aromatic N) is 3. The maximum absolute atomic E-state index is 12.5. The summed E-state index contributed by atoms with van der Waals surface area (Å²) in [4.78, 5) is 25.3. The van der Waals surface area contributed by atoms with Gasteiger partial charge in [-0.1, -0.05) is 6.92 Å². The van der Waals surface area contributed by atoms with Crippen molar-refractivity contribution in [3.05, 3.63) is 18.0 Å². The summed E-state index contributed by atoms with van der Waals surface area (Å²) in [7, 11) is 3.54. The molecule has 1 aliphatic rings. The van der Waals surface area contributed by atoms with Gasteiger partial charge in [-0.3, -0.25) is 14.3 Å². The van der Waals surface area contributed by atoms with Crippen LogP contribution in [0.2, 0.25) is 0 Å². The Kier molecular flexibility index (Phi) is 4.11. The third-order valence-corrected chi connectivity index (χ3v) is 3.99. The van der Waals surface area contributed by atoms with Crippen molar-refractivity contribution in [3.8, 4) is 0 Å². The average Bonchev–Trinajstić information content (AvgIpc) is 2.94. The van der Waals surface area contributed by atoms with Crippen LogP contribution in [0, 0.1) is 17.8 Å². The van der Waals surface area contributed by atoms with Crippen molar-refractivity contribution in [2.45, 2.75) is 26.3 Å². The molecular formula is C14H21N3O3. The van der Waals surface area contributed by atoms with Crippen molar-refractivity contribution in [3.63, 3.8) is 0 Å². The molecule has 0 bridgehead atoms. The molecule has 1 aromatic rings. The Morgan fingerprint density at radius 3 is 2.65 bits per heavy atom. The highest BCUT2D eigenvalue weighted by molar-refractivity contribution is 5.85. The van der Waals surface area contributed by atoms with Crippen molar-refractivity contribution in [2.75, 3.05) is 7.05 Å². The van der Waals surface area contributed by atoms with Crippen LogP contribution in [0.25, 0.3) is 0 Å². The van der Waals surface area contributed by atoms with Crippen LogP contribution in [0.4, 0.5) is 0 Å². The lowest BCUT2D eigenvalue weighted by Gasteiger charge is -2.23. The van der Waals surface area contributed by atoms with Crippen LogP contribution >= 0.6 is 0 Å². The monoisotopic (exact) mass is 279 g/mol. The number of aryl methyl sites for hydroxylation is 1. The number of aliphatic carboxylic acids is 1. The molecule has 0 aliphatic heterocycles. The second kappa shape index (κ2) is 5.64. The van der Waals surface area contributed by atoms with Crippen molar-refractivity contribution in [2.24, 2.45) is 24.8 Å². The lowest BCUT2D eigenvalue weighted by atomic mass is 9.95. The van der Waals surface area contributed by atoms with Gasteiger partial charge >= 0.3 is 5.97 Å². The zero-order chi connectivity index (χ0) is 14.9. The number of amides is 1. The van der Waals surface area contributed by atoms with Crippen LogP contribution in [0.5, 0.6) is 0 Å². The molecule has 0 radical (unpaired) electrons. The average molecular weight is 279 g/mol. The molecule has 110 valence electrons. The Labute approximate surface area is 118 Å². The van der Waals surface area contributed by atoms with Crippen molar-refractivity contribution >= 4 is 11.9 Å². The number of carboxylic acids is 1. The molecule has 1 heterocycles. The molecule has 3 unspecified atom stereocenters. The van der Waals surface area contributed by atoms with Gasteiger partial charge in [-0.15, -0.1) is 0 Å². The zero-order valence-corrected chi connectivity index (χ0v) is 12.1. The van der Waals surface area contributed by atoms with Gasteiger partial charge in [0.05, 0.1) is 18.0 Å². The Bertz CT molecular complexity index is 512. The smallest absolute Gasteiger partial charge is 0.307 e. The van der Waals surface area contributed by atoms with Gasteiger partial charge in [0.1, 0.15) is 0 Å². The quantitative estimate of drug-likeness (QED) is 0.896. The van der Waals surface area contributed by atoms with E-state index >= 15 is 0 Å². The van der Waals surface area contributed by atoms with Crippen molar-refractivity contribution < 1.29 is 14.7 Å². The first kappa shape index (κ1) is 14.6. The normalized spacial score (nSPS) is 25.6. The summed E-state index contributed by atoms with van der Waals surface area (Å²) < 4.78 is 1.69. The zero-order valence-electron chi connectivity index (χ0n) is 12.1. The highest BCUT2D eigenvalue weighted by atomic mass is 16.4. The Morgan fingerprint density at radius 1 is 1.45 bits per heavy atom. The second-order valence-electron chi connectivity index (χ2n) is 5.84. The Balaban J connectivity index is 2.04. The van der Waals surface area contributed by atoms with Crippen LogP contribution < -0.4 is 0 Å². The summed E-state index contributed by atoms with van der Waals surface area (Å²) >= 11 is 0. The van der Waals surface area contributed by atoms with E-state index < -0.39 is 17.8 Å². The standard InChI is InChI=1S/C14H21N3O3/c1-9-4-11(12(5-9)14(19)20)13(18)16(2)7-10-6-15-17(3)8-10/h6,8-9,11-12H,4-5,7H2,1-3H3,(H,19,20). The van der Waals surface area contributed by atoms with Crippen LogP contribution in [0.3, 0.4) is 0 Å². The molecule has 6 nitrogen and oxygen atoms in total. The third-order valence-electron chi connectivity index (χ3n) is 3.99. The van der Waals surface area contributed by atoms with E-state index in [1.54, 1.807) is 22.8 Å². The summed E-state index contributed by atoms with van der Waals surface area (Å²) in [6.45, 7) is 2.47. The van der Waals surface area contributed by atoms with E-state index in [0.717, 1.165) is 5.56 Å². The molecule has 1 fully saturated rings. The molecule has 3 atom stereocenters. The fourth-order valence-corrected chi connectivity index (χ4v) is 3.03. The lowest BCUT2D eigenvalue weighted by molar-refractivity contribution is -0.148. The minimum atomic E-state index is -0.859. The van der Waals surface area contributed by atoms with Gasteiger partial charge in [-0.05, 0) is 18.8 Å². The van der Waals surface area contributed by atoms with Gasteiger partial charge in [0, 0.05) is 32.4 Å². The van der Waals surface area contributed by atoms with E-state index in [4.69, 9.17) is 0 Å². The highest BCUT2D eigenvalue weighted by Gasteiger charge is 2.42. The van der Waals surface area contributed by atoms with E-state index in [1.807, 2.05) is 20.2 Å². The molecule has 0 spiro atoms. The third kappa shape index (κ3) is 3.00. The number of carbonyl (C=O) groups is 2. The molecule has 20 heavy (non-hydrogen) atoms. The number of carboxylic acid groups (broad SMARTS) is 1. The summed E-state index contributed by atoms with van der Waals surface area (Å²) in [5.41, 5.74) is 0.946. The van der Waals surface area contributed by atoms with Gasteiger partial charge in [0.25, 0.3) is 0 Å². The van der Waals surface area contributed by atoms with E-state index in [1.165, 1.54) is 0 Å². The highest BCUT2D eigenvalue weighted by Crippen LogP contribution is 2.37. The van der Waals surface area contributed by atoms with E-state index in [2.05, 4.69) is 5.10 Å². The molecule has 0 saturated heterocycles.